The molecule has 27 heavy (non-hydrogen) atoms. The Morgan fingerprint density at radius 3 is 2.78 bits per heavy atom. The van der Waals surface area contributed by atoms with Crippen LogP contribution in [0, 0.1) is 0 Å². The van der Waals surface area contributed by atoms with Gasteiger partial charge < -0.3 is 24.2 Å². The van der Waals surface area contributed by atoms with E-state index in [9.17, 15) is 9.59 Å². The zero-order valence-electron chi connectivity index (χ0n) is 15.7. The van der Waals surface area contributed by atoms with Crippen LogP contribution in [0.25, 0.3) is 0 Å². The first kappa shape index (κ1) is 21.3. The molecule has 0 radical (unpaired) electrons. The summed E-state index contributed by atoms with van der Waals surface area (Å²) in [5.41, 5.74) is 0.377. The van der Waals surface area contributed by atoms with E-state index in [4.69, 9.17) is 30.9 Å². The molecular weight excluding hydrogens is 374 g/mol. The number of carboxylic acid groups (broad SMARTS) is 1. The molecule has 1 amide bonds. The average Bonchev–Trinajstić information content (AvgIpc) is 2.63. The number of benzene rings is 1. The normalized spacial score (nSPS) is 16.9. The molecule has 7 nitrogen and oxygen atoms in total. The van der Waals surface area contributed by atoms with Crippen molar-refractivity contribution < 1.29 is 28.9 Å². The number of hydrogen-bond acceptors (Lipinski definition) is 5. The van der Waals surface area contributed by atoms with Crippen molar-refractivity contribution in [2.75, 3.05) is 32.9 Å². The van der Waals surface area contributed by atoms with Gasteiger partial charge in [0.15, 0.2) is 11.5 Å². The predicted octanol–water partition coefficient (Wildman–Crippen LogP) is 3.23. The van der Waals surface area contributed by atoms with E-state index in [-0.39, 0.29) is 18.9 Å². The van der Waals surface area contributed by atoms with Crippen LogP contribution in [0.3, 0.4) is 0 Å². The molecule has 0 saturated carbocycles. The van der Waals surface area contributed by atoms with Crippen LogP contribution in [0.5, 0.6) is 11.5 Å². The highest BCUT2D eigenvalue weighted by Gasteiger charge is 2.28. The van der Waals surface area contributed by atoms with E-state index in [2.05, 4.69) is 6.92 Å². The van der Waals surface area contributed by atoms with Gasteiger partial charge in [0, 0.05) is 18.7 Å². The summed E-state index contributed by atoms with van der Waals surface area (Å²) < 4.78 is 16.8. The fraction of sp³-hybridized carbons (Fsp3) is 0.579. The number of carbonyl (C=O) groups is 2. The molecule has 8 heteroatoms. The summed E-state index contributed by atoms with van der Waals surface area (Å²) in [6.07, 6.45) is 1.23. The van der Waals surface area contributed by atoms with Crippen LogP contribution >= 0.6 is 11.6 Å². The van der Waals surface area contributed by atoms with E-state index >= 15 is 0 Å². The maximum absolute atomic E-state index is 12.9. The highest BCUT2D eigenvalue weighted by Crippen LogP contribution is 2.37. The van der Waals surface area contributed by atoms with Crippen LogP contribution in [-0.2, 0) is 9.53 Å². The van der Waals surface area contributed by atoms with E-state index < -0.39 is 12.1 Å². The number of rotatable bonds is 9. The lowest BCUT2D eigenvalue weighted by atomic mass is 10.1. The van der Waals surface area contributed by atoms with Crippen molar-refractivity contribution in [2.24, 2.45) is 0 Å². The lowest BCUT2D eigenvalue weighted by Gasteiger charge is -2.32. The Kier molecular flexibility index (Phi) is 8.19. The zero-order chi connectivity index (χ0) is 19.8. The molecule has 1 aliphatic rings. The Morgan fingerprint density at radius 1 is 1.33 bits per heavy atom. The smallest absolute Gasteiger partial charge is 0.306 e. The molecule has 0 aliphatic carbocycles. The van der Waals surface area contributed by atoms with E-state index in [1.807, 2.05) is 6.92 Å². The number of morpholine rings is 1. The number of halogens is 1. The molecule has 1 aromatic carbocycles. The molecule has 1 atom stereocenters. The van der Waals surface area contributed by atoms with Crippen LogP contribution in [0.4, 0.5) is 0 Å². The number of carboxylic acids is 1. The van der Waals surface area contributed by atoms with Gasteiger partial charge in [-0.15, -0.1) is 0 Å². The lowest BCUT2D eigenvalue weighted by Crippen LogP contribution is -2.46. The van der Waals surface area contributed by atoms with Gasteiger partial charge in [-0.05, 0) is 25.5 Å². The quantitative estimate of drug-likeness (QED) is 0.641. The summed E-state index contributed by atoms with van der Waals surface area (Å²) in [4.78, 5) is 25.3. The molecule has 0 aromatic heterocycles. The molecule has 2 rings (SSSR count). The Balaban J connectivity index is 2.18. The third kappa shape index (κ3) is 6.01. The van der Waals surface area contributed by atoms with Crippen LogP contribution < -0.4 is 9.47 Å². The molecule has 1 aromatic rings. The van der Waals surface area contributed by atoms with Gasteiger partial charge in [-0.1, -0.05) is 24.9 Å². The minimum absolute atomic E-state index is 0.140. The highest BCUT2D eigenvalue weighted by atomic mass is 35.5. The number of hydrogen-bond donors (Lipinski definition) is 1. The summed E-state index contributed by atoms with van der Waals surface area (Å²) in [6.45, 7) is 5.76. The molecule has 1 heterocycles. The molecule has 1 N–H and O–H groups in total. The van der Waals surface area contributed by atoms with Crippen molar-refractivity contribution in [2.45, 2.75) is 39.2 Å². The van der Waals surface area contributed by atoms with Crippen molar-refractivity contribution in [1.29, 1.82) is 0 Å². The van der Waals surface area contributed by atoms with E-state index in [1.165, 1.54) is 0 Å². The number of unbranched alkanes of at least 4 members (excludes halogenated alkanes) is 1. The first-order valence-corrected chi connectivity index (χ1v) is 9.55. The number of nitrogens with zero attached hydrogens (tertiary/aromatic N) is 1. The summed E-state index contributed by atoms with van der Waals surface area (Å²) >= 11 is 6.35. The Bertz CT molecular complexity index is 666. The van der Waals surface area contributed by atoms with Gasteiger partial charge in [0.05, 0.1) is 37.4 Å². The van der Waals surface area contributed by atoms with Crippen molar-refractivity contribution in [1.82, 2.24) is 4.90 Å². The second-order valence-electron chi connectivity index (χ2n) is 6.26. The van der Waals surface area contributed by atoms with Gasteiger partial charge in [-0.3, -0.25) is 9.59 Å². The van der Waals surface area contributed by atoms with Crippen molar-refractivity contribution in [3.8, 4) is 11.5 Å². The van der Waals surface area contributed by atoms with Crippen LogP contribution in [0.15, 0.2) is 12.1 Å². The third-order valence-electron chi connectivity index (χ3n) is 4.13. The fourth-order valence-electron chi connectivity index (χ4n) is 2.82. The van der Waals surface area contributed by atoms with Gasteiger partial charge in [-0.25, -0.2) is 0 Å². The third-order valence-corrected chi connectivity index (χ3v) is 4.41. The Hall–Kier alpha value is -1.99. The first-order chi connectivity index (χ1) is 13.0. The molecular formula is C19H26ClNO6. The van der Waals surface area contributed by atoms with E-state index in [0.717, 1.165) is 12.8 Å². The monoisotopic (exact) mass is 399 g/mol. The van der Waals surface area contributed by atoms with Gasteiger partial charge in [-0.2, -0.15) is 0 Å². The van der Waals surface area contributed by atoms with Gasteiger partial charge in [0.25, 0.3) is 5.91 Å². The molecule has 0 spiro atoms. The molecule has 1 fully saturated rings. The minimum atomic E-state index is -0.954. The standard InChI is InChI=1S/C19H26ClNO6/c1-3-5-7-27-18-15(20)9-13(10-16(18)25-4-2)19(24)21-6-8-26-14(12-21)11-17(22)23/h9-10,14H,3-8,11-12H2,1-2H3,(H,22,23). The fourth-order valence-corrected chi connectivity index (χ4v) is 3.08. The second kappa shape index (κ2) is 10.4. The van der Waals surface area contributed by atoms with Crippen molar-refractivity contribution in [3.63, 3.8) is 0 Å². The molecule has 1 saturated heterocycles. The lowest BCUT2D eigenvalue weighted by molar-refractivity contribution is -0.141. The van der Waals surface area contributed by atoms with Gasteiger partial charge in [0.1, 0.15) is 0 Å². The van der Waals surface area contributed by atoms with Gasteiger partial charge in [0.2, 0.25) is 0 Å². The maximum Gasteiger partial charge on any atom is 0.306 e. The van der Waals surface area contributed by atoms with Crippen molar-refractivity contribution in [3.05, 3.63) is 22.7 Å². The molecule has 1 unspecified atom stereocenters. The zero-order valence-corrected chi connectivity index (χ0v) is 16.5. The Morgan fingerprint density at radius 2 is 2.11 bits per heavy atom. The summed E-state index contributed by atoms with van der Waals surface area (Å²) in [6, 6.07) is 3.19. The summed E-state index contributed by atoms with van der Waals surface area (Å²) in [5.74, 6) is -0.324. The number of ether oxygens (including phenoxy) is 3. The van der Waals surface area contributed by atoms with Crippen LogP contribution in [-0.4, -0.2) is 60.9 Å². The second-order valence-corrected chi connectivity index (χ2v) is 6.67. The number of carbonyl (C=O) groups excluding carboxylic acids is 1. The average molecular weight is 400 g/mol. The molecule has 150 valence electrons. The van der Waals surface area contributed by atoms with E-state index in [1.54, 1.807) is 17.0 Å². The summed E-state index contributed by atoms with van der Waals surface area (Å²) in [5, 5.41) is 9.24. The van der Waals surface area contributed by atoms with Crippen LogP contribution in [0.2, 0.25) is 5.02 Å². The Labute approximate surface area is 164 Å². The van der Waals surface area contributed by atoms with Crippen LogP contribution in [0.1, 0.15) is 43.5 Å². The summed E-state index contributed by atoms with van der Waals surface area (Å²) in [7, 11) is 0. The highest BCUT2D eigenvalue weighted by molar-refractivity contribution is 6.32. The van der Waals surface area contributed by atoms with Gasteiger partial charge >= 0.3 is 5.97 Å². The molecule has 1 aliphatic heterocycles. The number of aliphatic carboxylic acids is 1. The largest absolute Gasteiger partial charge is 0.490 e. The van der Waals surface area contributed by atoms with Crippen molar-refractivity contribution >= 4 is 23.5 Å². The maximum atomic E-state index is 12.9. The predicted molar refractivity (Wildman–Crippen MR) is 101 cm³/mol. The molecule has 0 bridgehead atoms. The number of amides is 1. The topological polar surface area (TPSA) is 85.3 Å². The SMILES string of the molecule is CCCCOc1c(Cl)cc(C(=O)N2CCOC(CC(=O)O)C2)cc1OCC. The van der Waals surface area contributed by atoms with E-state index in [0.29, 0.717) is 48.5 Å². The minimum Gasteiger partial charge on any atom is -0.490 e. The first-order valence-electron chi connectivity index (χ1n) is 9.18.